The van der Waals surface area contributed by atoms with Crippen LogP contribution in [0.25, 0.3) is 0 Å². The number of hydrogen-bond acceptors (Lipinski definition) is 2. The predicted molar refractivity (Wildman–Crippen MR) is 70.9 cm³/mol. The minimum atomic E-state index is -0.388. The van der Waals surface area contributed by atoms with Crippen molar-refractivity contribution in [3.05, 3.63) is 64.7 Å². The van der Waals surface area contributed by atoms with Crippen LogP contribution < -0.4 is 5.32 Å². The number of halogens is 2. The van der Waals surface area contributed by atoms with E-state index in [1.54, 1.807) is 18.3 Å². The standard InChI is InChI=1S/C14H14ClFN2/c1-10(12-3-2-6-17-9-12)18-8-11-4-5-14(16)13(15)7-11/h2-7,9-10,18H,8H2,1H3/t10-/m0/s1. The van der Waals surface area contributed by atoms with Crippen molar-refractivity contribution in [2.75, 3.05) is 0 Å². The van der Waals surface area contributed by atoms with E-state index >= 15 is 0 Å². The molecule has 0 bridgehead atoms. The van der Waals surface area contributed by atoms with Crippen molar-refractivity contribution in [2.45, 2.75) is 19.5 Å². The molecule has 0 unspecified atom stereocenters. The molecular formula is C14H14ClFN2. The minimum absolute atomic E-state index is 0.156. The Hall–Kier alpha value is -1.45. The summed E-state index contributed by atoms with van der Waals surface area (Å²) in [7, 11) is 0. The molecular weight excluding hydrogens is 251 g/mol. The van der Waals surface area contributed by atoms with Crippen molar-refractivity contribution in [1.29, 1.82) is 0 Å². The number of rotatable bonds is 4. The molecule has 4 heteroatoms. The van der Waals surface area contributed by atoms with E-state index in [0.717, 1.165) is 11.1 Å². The van der Waals surface area contributed by atoms with Gasteiger partial charge in [-0.05, 0) is 36.2 Å². The van der Waals surface area contributed by atoms with Crippen LogP contribution in [0.2, 0.25) is 5.02 Å². The van der Waals surface area contributed by atoms with E-state index in [-0.39, 0.29) is 16.9 Å². The summed E-state index contributed by atoms with van der Waals surface area (Å²) in [6.07, 6.45) is 3.57. The van der Waals surface area contributed by atoms with Gasteiger partial charge < -0.3 is 5.32 Å². The van der Waals surface area contributed by atoms with Crippen molar-refractivity contribution < 1.29 is 4.39 Å². The monoisotopic (exact) mass is 264 g/mol. The van der Waals surface area contributed by atoms with Gasteiger partial charge in [-0.1, -0.05) is 23.7 Å². The van der Waals surface area contributed by atoms with Gasteiger partial charge in [0.2, 0.25) is 0 Å². The molecule has 0 saturated carbocycles. The summed E-state index contributed by atoms with van der Waals surface area (Å²) in [6.45, 7) is 2.69. The SMILES string of the molecule is C[C@H](NCc1ccc(F)c(Cl)c1)c1cccnc1. The third-order valence-electron chi connectivity index (χ3n) is 2.78. The summed E-state index contributed by atoms with van der Waals surface area (Å²) in [6, 6.07) is 8.85. The second-order valence-corrected chi connectivity index (χ2v) is 4.54. The van der Waals surface area contributed by atoms with Crippen molar-refractivity contribution in [3.8, 4) is 0 Å². The molecule has 1 heterocycles. The maximum atomic E-state index is 13.0. The first kappa shape index (κ1) is 13.0. The van der Waals surface area contributed by atoms with Crippen LogP contribution in [0.4, 0.5) is 4.39 Å². The van der Waals surface area contributed by atoms with E-state index in [0.29, 0.717) is 6.54 Å². The van der Waals surface area contributed by atoms with E-state index in [4.69, 9.17) is 11.6 Å². The summed E-state index contributed by atoms with van der Waals surface area (Å²) >= 11 is 5.73. The molecule has 0 amide bonds. The van der Waals surface area contributed by atoms with Crippen LogP contribution in [0.1, 0.15) is 24.1 Å². The zero-order valence-corrected chi connectivity index (χ0v) is 10.8. The lowest BCUT2D eigenvalue weighted by Gasteiger charge is -2.14. The summed E-state index contributed by atoms with van der Waals surface area (Å²) < 4.78 is 13.0. The summed E-state index contributed by atoms with van der Waals surface area (Å²) in [5, 5.41) is 3.50. The molecule has 1 aromatic carbocycles. The quantitative estimate of drug-likeness (QED) is 0.910. The van der Waals surface area contributed by atoms with E-state index in [1.807, 2.05) is 18.3 Å². The molecule has 1 N–H and O–H groups in total. The molecule has 2 nitrogen and oxygen atoms in total. The zero-order chi connectivity index (χ0) is 13.0. The van der Waals surface area contributed by atoms with Gasteiger partial charge in [0.25, 0.3) is 0 Å². The first-order valence-electron chi connectivity index (χ1n) is 5.74. The van der Waals surface area contributed by atoms with E-state index in [2.05, 4.69) is 17.2 Å². The Labute approximate surface area is 111 Å². The maximum absolute atomic E-state index is 13.0. The van der Waals surface area contributed by atoms with E-state index in [1.165, 1.54) is 6.07 Å². The highest BCUT2D eigenvalue weighted by molar-refractivity contribution is 6.30. The van der Waals surface area contributed by atoms with Crippen molar-refractivity contribution in [1.82, 2.24) is 10.3 Å². The molecule has 0 spiro atoms. The average molecular weight is 265 g/mol. The van der Waals surface area contributed by atoms with Gasteiger partial charge in [0.1, 0.15) is 5.82 Å². The second-order valence-electron chi connectivity index (χ2n) is 4.14. The second kappa shape index (κ2) is 5.94. The predicted octanol–water partition coefficient (Wildman–Crippen LogP) is 3.72. The van der Waals surface area contributed by atoms with E-state index in [9.17, 15) is 4.39 Å². The molecule has 18 heavy (non-hydrogen) atoms. The number of benzene rings is 1. The number of hydrogen-bond donors (Lipinski definition) is 1. The van der Waals surface area contributed by atoms with Gasteiger partial charge in [-0.3, -0.25) is 4.98 Å². The molecule has 1 aromatic heterocycles. The summed E-state index contributed by atoms with van der Waals surface area (Å²) in [5.41, 5.74) is 2.07. The molecule has 0 radical (unpaired) electrons. The summed E-state index contributed by atoms with van der Waals surface area (Å²) in [5.74, 6) is -0.388. The molecule has 0 fully saturated rings. The van der Waals surface area contributed by atoms with Crippen LogP contribution in [-0.2, 0) is 6.54 Å². The highest BCUT2D eigenvalue weighted by Gasteiger charge is 2.05. The normalized spacial score (nSPS) is 12.4. The minimum Gasteiger partial charge on any atom is -0.306 e. The molecule has 2 rings (SSSR count). The molecule has 0 aliphatic rings. The fraction of sp³-hybridized carbons (Fsp3) is 0.214. The topological polar surface area (TPSA) is 24.9 Å². The molecule has 0 aliphatic carbocycles. The fourth-order valence-corrected chi connectivity index (χ4v) is 1.87. The first-order valence-corrected chi connectivity index (χ1v) is 6.12. The third kappa shape index (κ3) is 3.28. The molecule has 2 aromatic rings. The van der Waals surface area contributed by atoms with Gasteiger partial charge in [0.15, 0.2) is 0 Å². The Morgan fingerprint density at radius 3 is 2.89 bits per heavy atom. The van der Waals surface area contributed by atoms with Crippen LogP contribution >= 0.6 is 11.6 Å². The van der Waals surface area contributed by atoms with Crippen molar-refractivity contribution in [2.24, 2.45) is 0 Å². The van der Waals surface area contributed by atoms with Crippen LogP contribution in [0.15, 0.2) is 42.7 Å². The smallest absolute Gasteiger partial charge is 0.141 e. The summed E-state index contributed by atoms with van der Waals surface area (Å²) in [4.78, 5) is 4.08. The first-order chi connectivity index (χ1) is 8.66. The third-order valence-corrected chi connectivity index (χ3v) is 3.07. The van der Waals surface area contributed by atoms with Gasteiger partial charge in [-0.25, -0.2) is 4.39 Å². The number of nitrogens with one attached hydrogen (secondary N) is 1. The molecule has 1 atom stereocenters. The van der Waals surface area contributed by atoms with Crippen molar-refractivity contribution in [3.63, 3.8) is 0 Å². The largest absolute Gasteiger partial charge is 0.306 e. The average Bonchev–Trinajstić information content (AvgIpc) is 2.41. The van der Waals surface area contributed by atoms with Crippen LogP contribution in [0.3, 0.4) is 0 Å². The maximum Gasteiger partial charge on any atom is 0.141 e. The van der Waals surface area contributed by atoms with Crippen molar-refractivity contribution >= 4 is 11.6 Å². The van der Waals surface area contributed by atoms with Gasteiger partial charge in [0.05, 0.1) is 5.02 Å². The lowest BCUT2D eigenvalue weighted by atomic mass is 10.1. The molecule has 94 valence electrons. The van der Waals surface area contributed by atoms with Crippen LogP contribution in [0.5, 0.6) is 0 Å². The van der Waals surface area contributed by atoms with Gasteiger partial charge in [0, 0.05) is 25.0 Å². The molecule has 0 aliphatic heterocycles. The number of nitrogens with zero attached hydrogens (tertiary/aromatic N) is 1. The Morgan fingerprint density at radius 2 is 2.22 bits per heavy atom. The lowest BCUT2D eigenvalue weighted by Crippen LogP contribution is -2.18. The van der Waals surface area contributed by atoms with Gasteiger partial charge in [-0.15, -0.1) is 0 Å². The molecule has 0 saturated heterocycles. The number of pyridine rings is 1. The van der Waals surface area contributed by atoms with Gasteiger partial charge in [-0.2, -0.15) is 0 Å². The fourth-order valence-electron chi connectivity index (χ4n) is 1.67. The highest BCUT2D eigenvalue weighted by Crippen LogP contribution is 2.17. The Bertz CT molecular complexity index is 516. The lowest BCUT2D eigenvalue weighted by molar-refractivity contribution is 0.571. The van der Waals surface area contributed by atoms with E-state index < -0.39 is 0 Å². The van der Waals surface area contributed by atoms with Crippen LogP contribution in [0, 0.1) is 5.82 Å². The Balaban J connectivity index is 1.97. The highest BCUT2D eigenvalue weighted by atomic mass is 35.5. The van der Waals surface area contributed by atoms with Gasteiger partial charge >= 0.3 is 0 Å². The number of aromatic nitrogens is 1. The Morgan fingerprint density at radius 1 is 1.39 bits per heavy atom. The van der Waals surface area contributed by atoms with Crippen LogP contribution in [-0.4, -0.2) is 4.98 Å². The zero-order valence-electron chi connectivity index (χ0n) is 10.0. The Kier molecular flexibility index (Phi) is 4.28.